The Hall–Kier alpha value is -0.370. The molecule has 0 aliphatic carbocycles. The molecule has 2 atom stereocenters. The number of rotatable bonds is 4. The van der Waals surface area contributed by atoms with Gasteiger partial charge in [-0.25, -0.2) is 0 Å². The number of hydrogen-bond acceptors (Lipinski definition) is 2. The molecule has 0 radical (unpaired) electrons. The monoisotopic (exact) mass is 156 g/mol. The smallest absolute Gasteiger partial charge is 0.125 e. The molecule has 0 unspecified atom stereocenters. The molecule has 0 N–H and O–H groups in total. The molecule has 0 aromatic heterocycles. The van der Waals surface area contributed by atoms with Gasteiger partial charge in [-0.3, -0.25) is 0 Å². The van der Waals surface area contributed by atoms with Crippen LogP contribution in [0.1, 0.15) is 32.6 Å². The van der Waals surface area contributed by atoms with Crippen LogP contribution < -0.4 is 0 Å². The van der Waals surface area contributed by atoms with E-state index in [2.05, 4.69) is 6.92 Å². The summed E-state index contributed by atoms with van der Waals surface area (Å²) in [4.78, 5) is 10.5. The Labute approximate surface area is 67.9 Å². The van der Waals surface area contributed by atoms with Gasteiger partial charge in [0.15, 0.2) is 0 Å². The number of carbonyl (C=O) groups is 1. The highest BCUT2D eigenvalue weighted by Crippen LogP contribution is 2.22. The molecular weight excluding hydrogens is 140 g/mol. The van der Waals surface area contributed by atoms with E-state index in [4.69, 9.17) is 4.74 Å². The Balaban J connectivity index is 2.25. The van der Waals surface area contributed by atoms with Gasteiger partial charge < -0.3 is 9.53 Å². The van der Waals surface area contributed by atoms with E-state index in [0.29, 0.717) is 0 Å². The molecule has 1 saturated heterocycles. The van der Waals surface area contributed by atoms with Gasteiger partial charge in [-0.05, 0) is 12.8 Å². The second kappa shape index (κ2) is 4.50. The van der Waals surface area contributed by atoms with Crippen molar-refractivity contribution in [3.8, 4) is 0 Å². The normalized spacial score (nSPS) is 30.6. The minimum Gasteiger partial charge on any atom is -0.377 e. The molecule has 0 saturated carbocycles. The summed E-state index contributed by atoms with van der Waals surface area (Å²) in [5, 5.41) is 0. The van der Waals surface area contributed by atoms with Crippen LogP contribution in [-0.2, 0) is 9.53 Å². The molecule has 1 heterocycles. The van der Waals surface area contributed by atoms with Crippen molar-refractivity contribution in [3.63, 3.8) is 0 Å². The van der Waals surface area contributed by atoms with Gasteiger partial charge in [-0.15, -0.1) is 0 Å². The third-order valence-corrected chi connectivity index (χ3v) is 2.28. The molecule has 11 heavy (non-hydrogen) atoms. The van der Waals surface area contributed by atoms with Crippen molar-refractivity contribution < 1.29 is 9.53 Å². The van der Waals surface area contributed by atoms with E-state index in [1.54, 1.807) is 0 Å². The second-order valence-electron chi connectivity index (χ2n) is 3.14. The topological polar surface area (TPSA) is 26.3 Å². The lowest BCUT2D eigenvalue weighted by Crippen LogP contribution is -2.16. The lowest BCUT2D eigenvalue weighted by molar-refractivity contribution is -0.112. The second-order valence-corrected chi connectivity index (χ2v) is 3.14. The van der Waals surface area contributed by atoms with Crippen LogP contribution in [0.4, 0.5) is 0 Å². The quantitative estimate of drug-likeness (QED) is 0.580. The molecule has 0 bridgehead atoms. The molecule has 2 nitrogen and oxygen atoms in total. The van der Waals surface area contributed by atoms with E-state index < -0.39 is 0 Å². The number of carbonyl (C=O) groups excluding carboxylic acids is 1. The zero-order valence-corrected chi connectivity index (χ0v) is 7.08. The molecule has 0 aromatic carbocycles. The molecule has 64 valence electrons. The highest BCUT2D eigenvalue weighted by atomic mass is 16.5. The predicted molar refractivity (Wildman–Crippen MR) is 43.4 cm³/mol. The lowest BCUT2D eigenvalue weighted by Gasteiger charge is -2.11. The van der Waals surface area contributed by atoms with Gasteiger partial charge in [0.25, 0.3) is 0 Å². The van der Waals surface area contributed by atoms with Crippen LogP contribution in [0.15, 0.2) is 0 Å². The number of unbranched alkanes of at least 4 members (excludes halogenated alkanes) is 1. The maximum atomic E-state index is 10.5. The van der Waals surface area contributed by atoms with E-state index in [0.717, 1.165) is 25.7 Å². The summed E-state index contributed by atoms with van der Waals surface area (Å²) >= 11 is 0. The lowest BCUT2D eigenvalue weighted by atomic mass is 9.99. The average molecular weight is 156 g/mol. The molecule has 1 rings (SSSR count). The largest absolute Gasteiger partial charge is 0.377 e. The first kappa shape index (κ1) is 8.72. The van der Waals surface area contributed by atoms with Crippen molar-refractivity contribution in [2.45, 2.75) is 38.7 Å². The van der Waals surface area contributed by atoms with Gasteiger partial charge >= 0.3 is 0 Å². The number of ether oxygens (including phenoxy) is 1. The number of aldehydes is 1. The Morgan fingerprint density at radius 3 is 3.09 bits per heavy atom. The van der Waals surface area contributed by atoms with Crippen molar-refractivity contribution in [3.05, 3.63) is 0 Å². The molecule has 1 aliphatic rings. The third kappa shape index (κ3) is 2.29. The van der Waals surface area contributed by atoms with Crippen molar-refractivity contribution >= 4 is 6.29 Å². The fourth-order valence-electron chi connectivity index (χ4n) is 1.52. The van der Waals surface area contributed by atoms with E-state index >= 15 is 0 Å². The number of hydrogen-bond donors (Lipinski definition) is 0. The van der Waals surface area contributed by atoms with Crippen LogP contribution in [0.25, 0.3) is 0 Å². The summed E-state index contributed by atoms with van der Waals surface area (Å²) in [7, 11) is 0. The van der Waals surface area contributed by atoms with Crippen molar-refractivity contribution in [2.24, 2.45) is 5.92 Å². The Bertz CT molecular complexity index is 123. The standard InChI is InChI=1S/C9H16O2/c1-2-3-4-9-8(7-10)5-6-11-9/h7-9H,2-6H2,1H3/t8-,9+/m0/s1. The minimum absolute atomic E-state index is 0.182. The first-order valence-corrected chi connectivity index (χ1v) is 4.45. The summed E-state index contributed by atoms with van der Waals surface area (Å²) in [6.07, 6.45) is 5.62. The zero-order valence-electron chi connectivity index (χ0n) is 7.08. The van der Waals surface area contributed by atoms with Crippen LogP contribution in [0.2, 0.25) is 0 Å². The van der Waals surface area contributed by atoms with Crippen LogP contribution in [0.3, 0.4) is 0 Å². The van der Waals surface area contributed by atoms with Gasteiger partial charge in [0, 0.05) is 12.5 Å². The molecule has 0 amide bonds. The van der Waals surface area contributed by atoms with Crippen LogP contribution in [-0.4, -0.2) is 19.0 Å². The summed E-state index contributed by atoms with van der Waals surface area (Å²) in [5.41, 5.74) is 0. The SMILES string of the molecule is CCCC[C@H]1OCC[C@H]1C=O. The average Bonchev–Trinajstić information content (AvgIpc) is 2.47. The maximum Gasteiger partial charge on any atom is 0.125 e. The molecule has 0 aromatic rings. The van der Waals surface area contributed by atoms with Gasteiger partial charge in [0.2, 0.25) is 0 Å². The maximum absolute atomic E-state index is 10.5. The molecule has 2 heteroatoms. The van der Waals surface area contributed by atoms with Crippen LogP contribution in [0, 0.1) is 5.92 Å². The van der Waals surface area contributed by atoms with Gasteiger partial charge in [0.1, 0.15) is 6.29 Å². The fraction of sp³-hybridized carbons (Fsp3) is 0.889. The minimum atomic E-state index is 0.182. The van der Waals surface area contributed by atoms with Gasteiger partial charge in [0.05, 0.1) is 6.10 Å². The molecule has 0 spiro atoms. The summed E-state index contributed by atoms with van der Waals surface area (Å²) < 4.78 is 5.43. The molecular formula is C9H16O2. The highest BCUT2D eigenvalue weighted by molar-refractivity contribution is 5.54. The molecule has 1 aliphatic heterocycles. The van der Waals surface area contributed by atoms with Crippen LogP contribution in [0.5, 0.6) is 0 Å². The summed E-state index contributed by atoms with van der Waals surface area (Å²) in [6.45, 7) is 2.93. The van der Waals surface area contributed by atoms with Crippen molar-refractivity contribution in [2.75, 3.05) is 6.61 Å². The molecule has 1 fully saturated rings. The Morgan fingerprint density at radius 2 is 2.45 bits per heavy atom. The van der Waals surface area contributed by atoms with Crippen LogP contribution >= 0.6 is 0 Å². The Kier molecular flexibility index (Phi) is 3.57. The third-order valence-electron chi connectivity index (χ3n) is 2.28. The van der Waals surface area contributed by atoms with Crippen molar-refractivity contribution in [1.82, 2.24) is 0 Å². The Morgan fingerprint density at radius 1 is 1.64 bits per heavy atom. The van der Waals surface area contributed by atoms with Crippen molar-refractivity contribution in [1.29, 1.82) is 0 Å². The predicted octanol–water partition coefficient (Wildman–Crippen LogP) is 1.78. The van der Waals surface area contributed by atoms with E-state index in [9.17, 15) is 4.79 Å². The fourth-order valence-corrected chi connectivity index (χ4v) is 1.52. The van der Waals surface area contributed by atoms with E-state index in [1.165, 1.54) is 12.8 Å². The van der Waals surface area contributed by atoms with E-state index in [-0.39, 0.29) is 12.0 Å². The van der Waals surface area contributed by atoms with Gasteiger partial charge in [-0.2, -0.15) is 0 Å². The van der Waals surface area contributed by atoms with E-state index in [1.807, 2.05) is 0 Å². The summed E-state index contributed by atoms with van der Waals surface area (Å²) in [6, 6.07) is 0. The first-order valence-electron chi connectivity index (χ1n) is 4.45. The van der Waals surface area contributed by atoms with Gasteiger partial charge in [-0.1, -0.05) is 19.8 Å². The summed E-state index contributed by atoms with van der Waals surface area (Å²) in [5.74, 6) is 0.182. The highest BCUT2D eigenvalue weighted by Gasteiger charge is 2.26. The zero-order chi connectivity index (χ0) is 8.10. The first-order chi connectivity index (χ1) is 5.38.